The van der Waals surface area contributed by atoms with Crippen molar-refractivity contribution in [2.75, 3.05) is 20.7 Å². The van der Waals surface area contributed by atoms with Crippen molar-refractivity contribution in [2.45, 2.75) is 13.0 Å². The molecule has 0 aliphatic carbocycles. The van der Waals surface area contributed by atoms with Crippen LogP contribution in [0, 0.1) is 0 Å². The standard InChI is InChI=1S/C13H16N2O3S/c1-4-18-8-5-6-9-10(7-8)19-12(14-9)11(13(16)17)15(2)3/h5-7,11H,4H2,1-3H3,(H,16,17). The Labute approximate surface area is 115 Å². The number of hydrogen-bond acceptors (Lipinski definition) is 5. The van der Waals surface area contributed by atoms with Crippen LogP contribution in [0.15, 0.2) is 18.2 Å². The number of carboxylic acid groups (broad SMARTS) is 1. The van der Waals surface area contributed by atoms with E-state index in [2.05, 4.69) is 4.98 Å². The lowest BCUT2D eigenvalue weighted by Crippen LogP contribution is -2.27. The summed E-state index contributed by atoms with van der Waals surface area (Å²) in [5.41, 5.74) is 0.802. The maximum atomic E-state index is 11.3. The lowest BCUT2D eigenvalue weighted by Gasteiger charge is -2.16. The number of rotatable bonds is 5. The van der Waals surface area contributed by atoms with Crippen LogP contribution in [0.5, 0.6) is 5.75 Å². The van der Waals surface area contributed by atoms with Crippen LogP contribution in [-0.2, 0) is 4.79 Å². The summed E-state index contributed by atoms with van der Waals surface area (Å²) in [6, 6.07) is 4.89. The summed E-state index contributed by atoms with van der Waals surface area (Å²) in [6.45, 7) is 2.53. The number of carbonyl (C=O) groups is 1. The Morgan fingerprint density at radius 2 is 2.26 bits per heavy atom. The molecule has 0 aliphatic heterocycles. The highest BCUT2D eigenvalue weighted by molar-refractivity contribution is 7.18. The van der Waals surface area contributed by atoms with E-state index >= 15 is 0 Å². The van der Waals surface area contributed by atoms with Gasteiger partial charge in [0.2, 0.25) is 0 Å². The topological polar surface area (TPSA) is 62.7 Å². The molecule has 2 aromatic rings. The van der Waals surface area contributed by atoms with Gasteiger partial charge in [0.1, 0.15) is 10.8 Å². The van der Waals surface area contributed by atoms with Gasteiger partial charge in [-0.25, -0.2) is 4.98 Å². The molecule has 6 heteroatoms. The van der Waals surface area contributed by atoms with Crippen LogP contribution in [0.25, 0.3) is 10.2 Å². The Hall–Kier alpha value is -1.66. The van der Waals surface area contributed by atoms with Crippen molar-refractivity contribution >= 4 is 27.5 Å². The van der Waals surface area contributed by atoms with Gasteiger partial charge in [0.25, 0.3) is 0 Å². The Kier molecular flexibility index (Phi) is 4.01. The summed E-state index contributed by atoms with van der Waals surface area (Å²) in [4.78, 5) is 17.3. The molecule has 1 N–H and O–H groups in total. The summed E-state index contributed by atoms with van der Waals surface area (Å²) in [6.07, 6.45) is 0. The second-order valence-corrected chi connectivity index (χ2v) is 5.38. The highest BCUT2D eigenvalue weighted by Gasteiger charge is 2.25. The van der Waals surface area contributed by atoms with E-state index in [1.165, 1.54) is 11.3 Å². The Bertz CT molecular complexity index is 595. The van der Waals surface area contributed by atoms with Gasteiger partial charge in [0.15, 0.2) is 6.04 Å². The van der Waals surface area contributed by atoms with E-state index < -0.39 is 12.0 Å². The molecule has 1 aromatic heterocycles. The molecule has 0 spiro atoms. The van der Waals surface area contributed by atoms with Gasteiger partial charge in [-0.05, 0) is 39.2 Å². The van der Waals surface area contributed by atoms with E-state index in [-0.39, 0.29) is 0 Å². The lowest BCUT2D eigenvalue weighted by molar-refractivity contribution is -0.142. The van der Waals surface area contributed by atoms with Gasteiger partial charge in [-0.3, -0.25) is 9.69 Å². The first kappa shape index (κ1) is 13.8. The van der Waals surface area contributed by atoms with Gasteiger partial charge in [-0.15, -0.1) is 11.3 Å². The number of aromatic nitrogens is 1. The maximum absolute atomic E-state index is 11.3. The summed E-state index contributed by atoms with van der Waals surface area (Å²) >= 11 is 1.39. The third kappa shape index (κ3) is 2.85. The Morgan fingerprint density at radius 3 is 2.84 bits per heavy atom. The van der Waals surface area contributed by atoms with Gasteiger partial charge >= 0.3 is 5.97 Å². The number of ether oxygens (including phenoxy) is 1. The minimum atomic E-state index is -0.894. The zero-order valence-electron chi connectivity index (χ0n) is 11.1. The number of likely N-dealkylation sites (N-methyl/N-ethyl adjacent to an activating group) is 1. The first-order valence-electron chi connectivity index (χ1n) is 5.95. The monoisotopic (exact) mass is 280 g/mol. The average Bonchev–Trinajstić information content (AvgIpc) is 2.70. The molecule has 0 saturated carbocycles. The SMILES string of the molecule is CCOc1ccc2nc(C(C(=O)O)N(C)C)sc2c1. The normalized spacial score (nSPS) is 12.8. The number of benzene rings is 1. The highest BCUT2D eigenvalue weighted by atomic mass is 32.1. The molecule has 1 atom stereocenters. The number of hydrogen-bond donors (Lipinski definition) is 1. The predicted molar refractivity (Wildman–Crippen MR) is 74.9 cm³/mol. The van der Waals surface area contributed by atoms with Crippen molar-refractivity contribution in [3.63, 3.8) is 0 Å². The molecule has 102 valence electrons. The molecule has 0 saturated heterocycles. The molecular weight excluding hydrogens is 264 g/mol. The van der Waals surface area contributed by atoms with Crippen LogP contribution in [-0.4, -0.2) is 41.7 Å². The van der Waals surface area contributed by atoms with Crippen molar-refractivity contribution in [3.05, 3.63) is 23.2 Å². The van der Waals surface area contributed by atoms with Crippen LogP contribution in [0.3, 0.4) is 0 Å². The van der Waals surface area contributed by atoms with Crippen molar-refractivity contribution in [3.8, 4) is 5.75 Å². The Morgan fingerprint density at radius 1 is 1.53 bits per heavy atom. The van der Waals surface area contributed by atoms with E-state index in [1.807, 2.05) is 25.1 Å². The zero-order valence-corrected chi connectivity index (χ0v) is 11.9. The average molecular weight is 280 g/mol. The van der Waals surface area contributed by atoms with Gasteiger partial charge in [0, 0.05) is 0 Å². The van der Waals surface area contributed by atoms with Crippen molar-refractivity contribution in [1.29, 1.82) is 0 Å². The molecule has 1 aromatic carbocycles. The largest absolute Gasteiger partial charge is 0.494 e. The minimum Gasteiger partial charge on any atom is -0.494 e. The van der Waals surface area contributed by atoms with Crippen molar-refractivity contribution < 1.29 is 14.6 Å². The summed E-state index contributed by atoms with van der Waals surface area (Å²) < 4.78 is 6.37. The van der Waals surface area contributed by atoms with Crippen LogP contribution < -0.4 is 4.74 Å². The van der Waals surface area contributed by atoms with Crippen LogP contribution in [0.1, 0.15) is 18.0 Å². The number of carboxylic acids is 1. The summed E-state index contributed by atoms with van der Waals surface area (Å²) in [5.74, 6) is -0.115. The molecule has 0 radical (unpaired) electrons. The van der Waals surface area contributed by atoms with Crippen molar-refractivity contribution in [1.82, 2.24) is 9.88 Å². The minimum absolute atomic E-state index is 0.584. The van der Waals surface area contributed by atoms with Crippen LogP contribution in [0.4, 0.5) is 0 Å². The molecule has 5 nitrogen and oxygen atoms in total. The second kappa shape index (κ2) is 5.54. The molecule has 19 heavy (non-hydrogen) atoms. The van der Waals surface area contributed by atoms with Gasteiger partial charge in [-0.1, -0.05) is 0 Å². The molecule has 0 bridgehead atoms. The molecular formula is C13H16N2O3S. The van der Waals surface area contributed by atoms with E-state index in [0.717, 1.165) is 16.0 Å². The molecule has 2 rings (SSSR count). The summed E-state index contributed by atoms with van der Waals surface area (Å²) in [5, 5.41) is 9.85. The number of fused-ring (bicyclic) bond motifs is 1. The van der Waals surface area contributed by atoms with Crippen molar-refractivity contribution in [2.24, 2.45) is 0 Å². The molecule has 0 fully saturated rings. The fraction of sp³-hybridized carbons (Fsp3) is 0.385. The van der Waals surface area contributed by atoms with E-state index in [0.29, 0.717) is 11.6 Å². The maximum Gasteiger partial charge on any atom is 0.328 e. The molecule has 1 unspecified atom stereocenters. The molecule has 1 heterocycles. The third-order valence-electron chi connectivity index (χ3n) is 2.67. The highest BCUT2D eigenvalue weighted by Crippen LogP contribution is 2.31. The van der Waals surface area contributed by atoms with Gasteiger partial charge < -0.3 is 9.84 Å². The fourth-order valence-electron chi connectivity index (χ4n) is 1.84. The smallest absolute Gasteiger partial charge is 0.328 e. The second-order valence-electron chi connectivity index (χ2n) is 4.32. The first-order chi connectivity index (χ1) is 9.02. The number of aliphatic carboxylic acids is 1. The summed E-state index contributed by atoms with van der Waals surface area (Å²) in [7, 11) is 3.47. The predicted octanol–water partition coefficient (Wildman–Crippen LogP) is 2.38. The lowest BCUT2D eigenvalue weighted by atomic mass is 10.3. The van der Waals surface area contributed by atoms with Crippen LogP contribution >= 0.6 is 11.3 Å². The fourth-order valence-corrected chi connectivity index (χ4v) is 3.03. The molecule has 0 aliphatic rings. The van der Waals surface area contributed by atoms with Gasteiger partial charge in [-0.2, -0.15) is 0 Å². The Balaban J connectivity index is 2.42. The number of nitrogens with zero attached hydrogens (tertiary/aromatic N) is 2. The van der Waals surface area contributed by atoms with E-state index in [9.17, 15) is 9.90 Å². The van der Waals surface area contributed by atoms with E-state index in [4.69, 9.17) is 4.74 Å². The van der Waals surface area contributed by atoms with E-state index in [1.54, 1.807) is 19.0 Å². The number of thiazole rings is 1. The first-order valence-corrected chi connectivity index (χ1v) is 6.77. The third-order valence-corrected chi connectivity index (χ3v) is 3.74. The quantitative estimate of drug-likeness (QED) is 0.911. The van der Waals surface area contributed by atoms with Gasteiger partial charge in [0.05, 0.1) is 16.8 Å². The zero-order chi connectivity index (χ0) is 14.0. The van der Waals surface area contributed by atoms with Crippen LogP contribution in [0.2, 0.25) is 0 Å². The molecule has 0 amide bonds.